The number of nitrogens with one attached hydrogen (secondary N) is 1. The standard InChI is InChI=1S/C19H17N5O4/c1-28-14-9-7-12(8-10-14)20-15(25)11-23-17-16(21-22-23)18(26)24(19(17)27)13-5-3-2-4-6-13/h2-10,16-17H,11H2,1H3,(H,20,25). The second kappa shape index (κ2) is 7.10. The molecule has 9 nitrogen and oxygen atoms in total. The Hall–Kier alpha value is -3.75. The molecule has 9 heteroatoms. The Balaban J connectivity index is 1.45. The van der Waals surface area contributed by atoms with Gasteiger partial charge in [0.2, 0.25) is 5.91 Å². The highest BCUT2D eigenvalue weighted by Gasteiger charge is 2.55. The van der Waals surface area contributed by atoms with Gasteiger partial charge in [-0.1, -0.05) is 23.4 Å². The molecule has 0 bridgehead atoms. The van der Waals surface area contributed by atoms with Gasteiger partial charge in [-0.25, -0.2) is 4.90 Å². The highest BCUT2D eigenvalue weighted by atomic mass is 16.5. The van der Waals surface area contributed by atoms with E-state index in [1.807, 2.05) is 0 Å². The lowest BCUT2D eigenvalue weighted by Crippen LogP contribution is -2.43. The van der Waals surface area contributed by atoms with Gasteiger partial charge in [-0.3, -0.25) is 19.4 Å². The number of carbonyl (C=O) groups is 3. The molecule has 0 spiro atoms. The Kier molecular flexibility index (Phi) is 4.48. The maximum Gasteiger partial charge on any atom is 0.263 e. The molecule has 1 fully saturated rings. The molecule has 2 aromatic rings. The quantitative estimate of drug-likeness (QED) is 0.795. The average Bonchev–Trinajstić information content (AvgIpc) is 3.23. The van der Waals surface area contributed by atoms with Crippen molar-refractivity contribution in [2.45, 2.75) is 12.1 Å². The number of nitrogens with zero attached hydrogens (tertiary/aromatic N) is 4. The maximum absolute atomic E-state index is 12.8. The van der Waals surface area contributed by atoms with Crippen LogP contribution in [0.15, 0.2) is 64.9 Å². The van der Waals surface area contributed by atoms with Gasteiger partial charge < -0.3 is 10.1 Å². The Labute approximate surface area is 160 Å². The third-order valence-corrected chi connectivity index (χ3v) is 4.55. The molecule has 1 saturated heterocycles. The Bertz CT molecular complexity index is 945. The maximum atomic E-state index is 12.8. The number of rotatable bonds is 5. The summed E-state index contributed by atoms with van der Waals surface area (Å²) in [4.78, 5) is 38.9. The number of para-hydroxylation sites is 1. The minimum absolute atomic E-state index is 0.196. The zero-order valence-electron chi connectivity index (χ0n) is 15.0. The highest BCUT2D eigenvalue weighted by Crippen LogP contribution is 2.31. The molecule has 0 aromatic heterocycles. The van der Waals surface area contributed by atoms with Crippen LogP contribution in [-0.4, -0.2) is 48.5 Å². The summed E-state index contributed by atoms with van der Waals surface area (Å²) in [6.07, 6.45) is 0. The van der Waals surface area contributed by atoms with Crippen LogP contribution >= 0.6 is 0 Å². The van der Waals surface area contributed by atoms with E-state index in [2.05, 4.69) is 15.7 Å². The first-order chi connectivity index (χ1) is 13.6. The van der Waals surface area contributed by atoms with Crippen LogP contribution in [0.25, 0.3) is 0 Å². The van der Waals surface area contributed by atoms with Crippen molar-refractivity contribution in [3.8, 4) is 5.75 Å². The summed E-state index contributed by atoms with van der Waals surface area (Å²) in [7, 11) is 1.56. The molecule has 2 aliphatic rings. The fourth-order valence-corrected chi connectivity index (χ4v) is 3.21. The number of fused-ring (bicyclic) bond motifs is 1. The molecule has 28 heavy (non-hydrogen) atoms. The largest absolute Gasteiger partial charge is 0.497 e. The number of anilines is 2. The van der Waals surface area contributed by atoms with Gasteiger partial charge in [-0.2, -0.15) is 5.11 Å². The van der Waals surface area contributed by atoms with E-state index >= 15 is 0 Å². The van der Waals surface area contributed by atoms with Crippen LogP contribution in [0.3, 0.4) is 0 Å². The normalized spacial score (nSPS) is 20.5. The van der Waals surface area contributed by atoms with E-state index in [-0.39, 0.29) is 12.5 Å². The van der Waals surface area contributed by atoms with Gasteiger partial charge in [0.25, 0.3) is 11.8 Å². The zero-order chi connectivity index (χ0) is 19.7. The SMILES string of the molecule is COc1ccc(NC(=O)CN2N=NC3C(=O)N(c4ccccc4)C(=O)C32)cc1. The van der Waals surface area contributed by atoms with E-state index in [1.165, 1.54) is 5.01 Å². The van der Waals surface area contributed by atoms with Crippen LogP contribution in [0.4, 0.5) is 11.4 Å². The molecule has 2 heterocycles. The van der Waals surface area contributed by atoms with Gasteiger partial charge in [0.05, 0.1) is 12.8 Å². The molecule has 142 valence electrons. The van der Waals surface area contributed by atoms with Crippen LogP contribution < -0.4 is 15.0 Å². The van der Waals surface area contributed by atoms with Gasteiger partial charge in [-0.05, 0) is 36.4 Å². The van der Waals surface area contributed by atoms with E-state index in [1.54, 1.807) is 61.7 Å². The van der Waals surface area contributed by atoms with Crippen molar-refractivity contribution in [2.75, 3.05) is 23.9 Å². The molecule has 0 radical (unpaired) electrons. The van der Waals surface area contributed by atoms with Crippen LogP contribution in [0, 0.1) is 0 Å². The van der Waals surface area contributed by atoms with Crippen molar-refractivity contribution in [1.29, 1.82) is 0 Å². The Morgan fingerprint density at radius 2 is 1.79 bits per heavy atom. The summed E-state index contributed by atoms with van der Waals surface area (Å²) in [6, 6.07) is 13.6. The molecule has 2 aliphatic heterocycles. The summed E-state index contributed by atoms with van der Waals surface area (Å²) >= 11 is 0. The number of ether oxygens (including phenoxy) is 1. The van der Waals surface area contributed by atoms with E-state index in [4.69, 9.17) is 4.74 Å². The van der Waals surface area contributed by atoms with Crippen LogP contribution in [0.2, 0.25) is 0 Å². The van der Waals surface area contributed by atoms with Crippen molar-refractivity contribution < 1.29 is 19.1 Å². The number of benzene rings is 2. The van der Waals surface area contributed by atoms with Gasteiger partial charge in [0.1, 0.15) is 12.3 Å². The van der Waals surface area contributed by atoms with Crippen LogP contribution in [0.1, 0.15) is 0 Å². The number of methoxy groups -OCH3 is 1. The van der Waals surface area contributed by atoms with Gasteiger partial charge in [0, 0.05) is 5.69 Å². The highest BCUT2D eigenvalue weighted by molar-refractivity contribution is 6.25. The van der Waals surface area contributed by atoms with Gasteiger partial charge >= 0.3 is 0 Å². The molecular weight excluding hydrogens is 362 g/mol. The first-order valence-corrected chi connectivity index (χ1v) is 8.62. The predicted molar refractivity (Wildman–Crippen MR) is 99.7 cm³/mol. The summed E-state index contributed by atoms with van der Waals surface area (Å²) in [6.45, 7) is -0.196. The van der Waals surface area contributed by atoms with E-state index in [0.29, 0.717) is 17.1 Å². The van der Waals surface area contributed by atoms with E-state index in [9.17, 15) is 14.4 Å². The van der Waals surface area contributed by atoms with Crippen molar-refractivity contribution in [3.05, 3.63) is 54.6 Å². The van der Waals surface area contributed by atoms with Crippen LogP contribution in [0.5, 0.6) is 5.75 Å². The third-order valence-electron chi connectivity index (χ3n) is 4.55. The minimum atomic E-state index is -0.929. The molecular formula is C19H17N5O4. The van der Waals surface area contributed by atoms with Crippen molar-refractivity contribution in [3.63, 3.8) is 0 Å². The lowest BCUT2D eigenvalue weighted by molar-refractivity contribution is -0.123. The lowest BCUT2D eigenvalue weighted by atomic mass is 10.1. The fourth-order valence-electron chi connectivity index (χ4n) is 3.21. The monoisotopic (exact) mass is 379 g/mol. The molecule has 4 rings (SSSR count). The summed E-state index contributed by atoms with van der Waals surface area (Å²) in [5.41, 5.74) is 1.06. The van der Waals surface area contributed by atoms with E-state index < -0.39 is 23.9 Å². The Morgan fingerprint density at radius 3 is 2.46 bits per heavy atom. The predicted octanol–water partition coefficient (Wildman–Crippen LogP) is 1.63. The molecule has 1 N–H and O–H groups in total. The van der Waals surface area contributed by atoms with Gasteiger partial charge in [-0.15, -0.1) is 0 Å². The number of amides is 3. The van der Waals surface area contributed by atoms with Gasteiger partial charge in [0.15, 0.2) is 12.1 Å². The van der Waals surface area contributed by atoms with Crippen molar-refractivity contribution >= 4 is 29.1 Å². The number of hydrogen-bond acceptors (Lipinski definition) is 7. The second-order valence-corrected chi connectivity index (χ2v) is 6.32. The smallest absolute Gasteiger partial charge is 0.263 e. The molecule has 2 atom stereocenters. The number of imide groups is 1. The lowest BCUT2D eigenvalue weighted by Gasteiger charge is -2.20. The van der Waals surface area contributed by atoms with Crippen LogP contribution in [-0.2, 0) is 14.4 Å². The first kappa shape index (κ1) is 17.7. The Morgan fingerprint density at radius 1 is 1.07 bits per heavy atom. The van der Waals surface area contributed by atoms with Crippen molar-refractivity contribution in [1.82, 2.24) is 5.01 Å². The van der Waals surface area contributed by atoms with Crippen molar-refractivity contribution in [2.24, 2.45) is 10.3 Å². The molecule has 2 aromatic carbocycles. The number of carbonyl (C=O) groups excluding carboxylic acids is 3. The zero-order valence-corrected chi connectivity index (χ0v) is 15.0. The average molecular weight is 379 g/mol. The summed E-state index contributed by atoms with van der Waals surface area (Å²) < 4.78 is 5.08. The topological polar surface area (TPSA) is 104 Å². The van der Waals surface area contributed by atoms with E-state index in [0.717, 1.165) is 4.90 Å². The second-order valence-electron chi connectivity index (χ2n) is 6.32. The minimum Gasteiger partial charge on any atom is -0.497 e. The first-order valence-electron chi connectivity index (χ1n) is 8.62. The summed E-state index contributed by atoms with van der Waals surface area (Å²) in [5.74, 6) is -0.583. The number of hydrogen-bond donors (Lipinski definition) is 1. The molecule has 0 aliphatic carbocycles. The summed E-state index contributed by atoms with van der Waals surface area (Å²) in [5, 5.41) is 11.8. The molecule has 2 unspecified atom stereocenters. The fraction of sp³-hybridized carbons (Fsp3) is 0.211. The molecule has 3 amide bonds. The molecule has 0 saturated carbocycles. The third kappa shape index (κ3) is 3.07.